The molecule has 0 fully saturated rings. The van der Waals surface area contributed by atoms with Gasteiger partial charge in [-0.2, -0.15) is 0 Å². The molecular formula is C25H22BrNO6S. The van der Waals surface area contributed by atoms with Gasteiger partial charge in [-0.25, -0.2) is 0 Å². The normalized spacial score (nSPS) is 11.1. The lowest BCUT2D eigenvalue weighted by Gasteiger charge is -2.14. The fraction of sp³-hybridized carbons (Fsp3) is 0.160. The van der Waals surface area contributed by atoms with E-state index in [0.717, 1.165) is 10.0 Å². The summed E-state index contributed by atoms with van der Waals surface area (Å²) < 4.78 is 17.2. The number of allylic oxidation sites excluding steroid dienone is 1. The van der Waals surface area contributed by atoms with E-state index >= 15 is 0 Å². The Morgan fingerprint density at radius 2 is 1.53 bits per heavy atom. The number of halogens is 1. The Morgan fingerprint density at radius 1 is 0.941 bits per heavy atom. The number of hydrogen-bond acceptors (Lipinski definition) is 7. The molecule has 0 saturated heterocycles. The Kier molecular flexibility index (Phi) is 8.72. The molecule has 0 aromatic heterocycles. The molecular weight excluding hydrogens is 522 g/mol. The topological polar surface area (TPSA) is 87.9 Å². The number of nitrogens with zero attached hydrogens (tertiary/aromatic N) is 1. The Morgan fingerprint density at radius 3 is 2.09 bits per heavy atom. The van der Waals surface area contributed by atoms with Crippen LogP contribution in [-0.2, 0) is 5.75 Å². The molecule has 0 aliphatic rings. The Hall–Kier alpha value is -3.30. The standard InChI is InChI=1S/C25H22BrNO6S/c1-31-21-14-23(33-3)22(32-2)12-18(21)13-24(34-15-16-4-8-19(26)9-5-16)25(28)17-6-10-20(11-7-17)27(29)30/h4-14H,15H2,1-3H3. The van der Waals surface area contributed by atoms with Crippen molar-refractivity contribution in [1.29, 1.82) is 0 Å². The van der Waals surface area contributed by atoms with E-state index in [9.17, 15) is 14.9 Å². The molecule has 0 amide bonds. The summed E-state index contributed by atoms with van der Waals surface area (Å²) in [5, 5.41) is 11.0. The fourth-order valence-corrected chi connectivity index (χ4v) is 4.34. The number of methoxy groups -OCH3 is 3. The van der Waals surface area contributed by atoms with Crippen LogP contribution in [-0.4, -0.2) is 32.0 Å². The van der Waals surface area contributed by atoms with Crippen LogP contribution < -0.4 is 14.2 Å². The zero-order valence-corrected chi connectivity index (χ0v) is 21.1. The highest BCUT2D eigenvalue weighted by Gasteiger charge is 2.18. The van der Waals surface area contributed by atoms with E-state index in [4.69, 9.17) is 14.2 Å². The summed E-state index contributed by atoms with van der Waals surface area (Å²) in [4.78, 5) is 24.4. The molecule has 9 heteroatoms. The highest BCUT2D eigenvalue weighted by molar-refractivity contribution is 9.10. The maximum Gasteiger partial charge on any atom is 0.269 e. The van der Waals surface area contributed by atoms with Crippen LogP contribution in [0.15, 0.2) is 70.0 Å². The van der Waals surface area contributed by atoms with Gasteiger partial charge in [0.2, 0.25) is 0 Å². The van der Waals surface area contributed by atoms with Crippen LogP contribution >= 0.6 is 27.7 Å². The number of benzene rings is 3. The number of carbonyl (C=O) groups is 1. The minimum atomic E-state index is -0.498. The number of ketones is 1. The first kappa shape index (κ1) is 25.3. The van der Waals surface area contributed by atoms with Crippen LogP contribution in [0.1, 0.15) is 21.5 Å². The van der Waals surface area contributed by atoms with E-state index in [-0.39, 0.29) is 11.5 Å². The molecule has 0 aliphatic carbocycles. The van der Waals surface area contributed by atoms with Gasteiger partial charge >= 0.3 is 0 Å². The predicted molar refractivity (Wildman–Crippen MR) is 137 cm³/mol. The predicted octanol–water partition coefficient (Wildman–Crippen LogP) is 6.54. The molecule has 3 aromatic rings. The van der Waals surface area contributed by atoms with Crippen molar-refractivity contribution >= 4 is 45.2 Å². The van der Waals surface area contributed by atoms with Gasteiger partial charge in [0, 0.05) is 39.6 Å². The largest absolute Gasteiger partial charge is 0.496 e. The lowest BCUT2D eigenvalue weighted by Crippen LogP contribution is -2.03. The molecule has 176 valence electrons. The van der Waals surface area contributed by atoms with Crippen molar-refractivity contribution in [3.63, 3.8) is 0 Å². The molecule has 34 heavy (non-hydrogen) atoms. The average Bonchev–Trinajstić information content (AvgIpc) is 2.86. The maximum absolute atomic E-state index is 13.4. The quantitative estimate of drug-likeness (QED) is 0.124. The highest BCUT2D eigenvalue weighted by Crippen LogP contribution is 2.37. The second kappa shape index (κ2) is 11.7. The van der Waals surface area contributed by atoms with E-state index in [0.29, 0.717) is 39.0 Å². The van der Waals surface area contributed by atoms with Crippen LogP contribution in [0.25, 0.3) is 6.08 Å². The summed E-state index contributed by atoms with van der Waals surface area (Å²) in [6, 6.07) is 16.8. The molecule has 3 aromatic carbocycles. The third-order valence-corrected chi connectivity index (χ3v) is 6.51. The lowest BCUT2D eigenvalue weighted by atomic mass is 10.1. The molecule has 7 nitrogen and oxygen atoms in total. The van der Waals surface area contributed by atoms with E-state index in [1.54, 1.807) is 18.2 Å². The van der Waals surface area contributed by atoms with Gasteiger partial charge in [0.05, 0.1) is 31.2 Å². The van der Waals surface area contributed by atoms with E-state index in [1.807, 2.05) is 24.3 Å². The molecule has 0 radical (unpaired) electrons. The van der Waals surface area contributed by atoms with Crippen LogP contribution in [0, 0.1) is 10.1 Å². The lowest BCUT2D eigenvalue weighted by molar-refractivity contribution is -0.384. The molecule has 0 saturated carbocycles. The van der Waals surface area contributed by atoms with Crippen molar-refractivity contribution in [2.75, 3.05) is 21.3 Å². The Bertz CT molecular complexity index is 1210. The van der Waals surface area contributed by atoms with Gasteiger partial charge in [0.15, 0.2) is 17.3 Å². The summed E-state index contributed by atoms with van der Waals surface area (Å²) in [5.41, 5.74) is 1.94. The van der Waals surface area contributed by atoms with Crippen molar-refractivity contribution in [3.05, 3.63) is 96.8 Å². The Labute approximate surface area is 210 Å². The van der Waals surface area contributed by atoms with Gasteiger partial charge in [0.1, 0.15) is 5.75 Å². The minimum absolute atomic E-state index is 0.0776. The maximum atomic E-state index is 13.4. The first-order valence-electron chi connectivity index (χ1n) is 10.0. The van der Waals surface area contributed by atoms with Crippen molar-refractivity contribution in [3.8, 4) is 17.2 Å². The first-order chi connectivity index (χ1) is 16.4. The molecule has 0 unspecified atom stereocenters. The van der Waals surface area contributed by atoms with Crippen LogP contribution in [0.4, 0.5) is 5.69 Å². The van der Waals surface area contributed by atoms with Gasteiger partial charge < -0.3 is 14.2 Å². The number of Topliss-reactive ketones (excluding diaryl/α,β-unsaturated/α-hetero) is 1. The zero-order chi connectivity index (χ0) is 24.7. The van der Waals surface area contributed by atoms with E-state index < -0.39 is 4.92 Å². The van der Waals surface area contributed by atoms with E-state index in [2.05, 4.69) is 15.9 Å². The van der Waals surface area contributed by atoms with Crippen molar-refractivity contribution in [1.82, 2.24) is 0 Å². The summed E-state index contributed by atoms with van der Waals surface area (Å²) in [6.07, 6.45) is 1.73. The molecule has 0 spiro atoms. The van der Waals surface area contributed by atoms with Gasteiger partial charge in [0.25, 0.3) is 5.69 Å². The third-order valence-electron chi connectivity index (χ3n) is 4.89. The highest BCUT2D eigenvalue weighted by atomic mass is 79.9. The number of thioether (sulfide) groups is 1. The monoisotopic (exact) mass is 543 g/mol. The van der Waals surface area contributed by atoms with Gasteiger partial charge in [-0.05, 0) is 42.0 Å². The number of hydrogen-bond donors (Lipinski definition) is 0. The zero-order valence-electron chi connectivity index (χ0n) is 18.7. The van der Waals surface area contributed by atoms with Crippen LogP contribution in [0.2, 0.25) is 0 Å². The first-order valence-corrected chi connectivity index (χ1v) is 11.8. The molecule has 0 bridgehead atoms. The summed E-state index contributed by atoms with van der Waals surface area (Å²) in [7, 11) is 4.60. The van der Waals surface area contributed by atoms with Gasteiger partial charge in [-0.15, -0.1) is 11.8 Å². The minimum Gasteiger partial charge on any atom is -0.496 e. The molecule has 0 heterocycles. The summed E-state index contributed by atoms with van der Waals surface area (Å²) in [6.45, 7) is 0. The van der Waals surface area contributed by atoms with Crippen molar-refractivity contribution < 1.29 is 23.9 Å². The number of nitro groups is 1. The summed E-state index contributed by atoms with van der Waals surface area (Å²) in [5.74, 6) is 1.80. The smallest absolute Gasteiger partial charge is 0.269 e. The van der Waals surface area contributed by atoms with Gasteiger partial charge in [-0.3, -0.25) is 14.9 Å². The van der Waals surface area contributed by atoms with Crippen molar-refractivity contribution in [2.24, 2.45) is 0 Å². The summed E-state index contributed by atoms with van der Waals surface area (Å²) >= 11 is 4.79. The SMILES string of the molecule is COc1cc(OC)c(OC)cc1C=C(SCc1ccc(Br)cc1)C(=O)c1ccc([N+](=O)[O-])cc1. The second-order valence-electron chi connectivity index (χ2n) is 7.01. The number of ether oxygens (including phenoxy) is 3. The van der Waals surface area contributed by atoms with Crippen LogP contribution in [0.3, 0.4) is 0 Å². The van der Waals surface area contributed by atoms with Crippen LogP contribution in [0.5, 0.6) is 17.2 Å². The number of rotatable bonds is 10. The molecule has 0 N–H and O–H groups in total. The van der Waals surface area contributed by atoms with Crippen molar-refractivity contribution in [2.45, 2.75) is 5.75 Å². The van der Waals surface area contributed by atoms with Gasteiger partial charge in [-0.1, -0.05) is 28.1 Å². The van der Waals surface area contributed by atoms with E-state index in [1.165, 1.54) is 57.4 Å². The average molecular weight is 544 g/mol. The number of non-ortho nitro benzene ring substituents is 1. The Balaban J connectivity index is 2.03. The third kappa shape index (κ3) is 6.18. The molecule has 3 rings (SSSR count). The number of carbonyl (C=O) groups excluding carboxylic acids is 1. The fourth-order valence-electron chi connectivity index (χ4n) is 3.10. The second-order valence-corrected chi connectivity index (χ2v) is 8.94. The molecule has 0 aliphatic heterocycles. The number of nitro benzene ring substituents is 1. The molecule has 0 atom stereocenters.